The van der Waals surface area contributed by atoms with E-state index in [1.165, 1.54) is 0 Å². The lowest BCUT2D eigenvalue weighted by molar-refractivity contribution is -0.118. The normalized spacial score (nSPS) is 14.1. The summed E-state index contributed by atoms with van der Waals surface area (Å²) in [5, 5.41) is 2.94. The van der Waals surface area contributed by atoms with Crippen LogP contribution in [0.3, 0.4) is 0 Å². The Morgan fingerprint density at radius 1 is 1.07 bits per heavy atom. The van der Waals surface area contributed by atoms with Gasteiger partial charge in [0.05, 0.1) is 17.3 Å². The number of nitrogens with two attached hydrogens (primary N) is 1. The number of rotatable bonds is 6. The van der Waals surface area contributed by atoms with Crippen LogP contribution in [0.15, 0.2) is 71.3 Å². The zero-order valence-corrected chi connectivity index (χ0v) is 17.0. The standard InChI is InChI=1S/C22H18BrN3O3/c23-16-5-2-4-15(12-16)22(9-10-22)21(28)26-17-7-8-19(25-13-17)29-18-6-1-3-14(11-18)20(24)27/h1-8,11-13H,9-10H2,(H2,24,27)(H,26,28). The third-order valence-electron chi connectivity index (χ3n) is 4.90. The van der Waals surface area contributed by atoms with Gasteiger partial charge in [-0.1, -0.05) is 34.1 Å². The van der Waals surface area contributed by atoms with Gasteiger partial charge in [-0.3, -0.25) is 9.59 Å². The molecule has 7 heteroatoms. The van der Waals surface area contributed by atoms with Crippen molar-refractivity contribution in [1.82, 2.24) is 4.98 Å². The molecule has 1 heterocycles. The monoisotopic (exact) mass is 451 g/mol. The summed E-state index contributed by atoms with van der Waals surface area (Å²) in [6, 6.07) is 17.8. The number of anilines is 1. The lowest BCUT2D eigenvalue weighted by Gasteiger charge is -2.16. The second kappa shape index (κ2) is 7.67. The van der Waals surface area contributed by atoms with E-state index in [-0.39, 0.29) is 5.91 Å². The SMILES string of the molecule is NC(=O)c1cccc(Oc2ccc(NC(=O)C3(c4cccc(Br)c4)CC3)cn2)c1. The van der Waals surface area contributed by atoms with E-state index >= 15 is 0 Å². The van der Waals surface area contributed by atoms with Gasteiger partial charge in [-0.05, 0) is 54.8 Å². The van der Waals surface area contributed by atoms with E-state index in [9.17, 15) is 9.59 Å². The van der Waals surface area contributed by atoms with Gasteiger partial charge < -0.3 is 15.8 Å². The number of nitrogens with zero attached hydrogens (tertiary/aromatic N) is 1. The maximum atomic E-state index is 12.9. The van der Waals surface area contributed by atoms with Gasteiger partial charge in [0.1, 0.15) is 5.75 Å². The van der Waals surface area contributed by atoms with Gasteiger partial charge in [0, 0.05) is 16.1 Å². The molecule has 1 saturated carbocycles. The van der Waals surface area contributed by atoms with Gasteiger partial charge in [-0.15, -0.1) is 0 Å². The molecule has 146 valence electrons. The van der Waals surface area contributed by atoms with Gasteiger partial charge in [-0.25, -0.2) is 4.98 Å². The first-order valence-corrected chi connectivity index (χ1v) is 9.87. The Hall–Kier alpha value is -3.19. The van der Waals surface area contributed by atoms with Crippen molar-refractivity contribution in [2.45, 2.75) is 18.3 Å². The first kappa shape index (κ1) is 19.1. The van der Waals surface area contributed by atoms with Crippen molar-refractivity contribution >= 4 is 33.4 Å². The highest BCUT2D eigenvalue weighted by Crippen LogP contribution is 2.49. The van der Waals surface area contributed by atoms with E-state index in [1.807, 2.05) is 24.3 Å². The van der Waals surface area contributed by atoms with E-state index in [1.54, 1.807) is 42.6 Å². The number of halogens is 1. The molecule has 1 fully saturated rings. The fourth-order valence-electron chi connectivity index (χ4n) is 3.16. The molecule has 3 N–H and O–H groups in total. The molecule has 0 radical (unpaired) electrons. The molecule has 3 aromatic rings. The van der Waals surface area contributed by atoms with E-state index in [2.05, 4.69) is 26.2 Å². The minimum Gasteiger partial charge on any atom is -0.439 e. The second-order valence-corrected chi connectivity index (χ2v) is 7.84. The number of primary amides is 1. The fourth-order valence-corrected chi connectivity index (χ4v) is 3.56. The van der Waals surface area contributed by atoms with Crippen LogP contribution in [0.4, 0.5) is 5.69 Å². The summed E-state index contributed by atoms with van der Waals surface area (Å²) in [5.74, 6) is 0.232. The molecule has 29 heavy (non-hydrogen) atoms. The third-order valence-corrected chi connectivity index (χ3v) is 5.39. The van der Waals surface area contributed by atoms with Gasteiger partial charge in [0.2, 0.25) is 17.7 Å². The van der Waals surface area contributed by atoms with Crippen molar-refractivity contribution in [3.63, 3.8) is 0 Å². The predicted molar refractivity (Wildman–Crippen MR) is 113 cm³/mol. The zero-order chi connectivity index (χ0) is 20.4. The van der Waals surface area contributed by atoms with Crippen molar-refractivity contribution in [1.29, 1.82) is 0 Å². The number of pyridine rings is 1. The topological polar surface area (TPSA) is 94.3 Å². The molecule has 1 aliphatic rings. The Kier molecular flexibility index (Phi) is 5.07. The lowest BCUT2D eigenvalue weighted by Crippen LogP contribution is -2.27. The Bertz CT molecular complexity index is 1080. The van der Waals surface area contributed by atoms with E-state index in [0.29, 0.717) is 22.9 Å². The van der Waals surface area contributed by atoms with Gasteiger partial charge >= 0.3 is 0 Å². The summed E-state index contributed by atoms with van der Waals surface area (Å²) in [6.45, 7) is 0. The van der Waals surface area contributed by atoms with Crippen LogP contribution < -0.4 is 15.8 Å². The first-order chi connectivity index (χ1) is 14.0. The molecule has 0 bridgehead atoms. The smallest absolute Gasteiger partial charge is 0.248 e. The summed E-state index contributed by atoms with van der Waals surface area (Å²) in [7, 11) is 0. The highest BCUT2D eigenvalue weighted by atomic mass is 79.9. The molecule has 1 aromatic heterocycles. The minimum atomic E-state index is -0.527. The zero-order valence-electron chi connectivity index (χ0n) is 15.4. The van der Waals surface area contributed by atoms with E-state index < -0.39 is 11.3 Å². The van der Waals surface area contributed by atoms with Gasteiger partial charge in [0.25, 0.3) is 0 Å². The maximum absolute atomic E-state index is 12.9. The van der Waals surface area contributed by atoms with Crippen LogP contribution in [0, 0.1) is 0 Å². The summed E-state index contributed by atoms with van der Waals surface area (Å²) in [4.78, 5) is 28.4. The number of benzene rings is 2. The Labute approximate surface area is 176 Å². The van der Waals surface area contributed by atoms with E-state index in [0.717, 1.165) is 22.9 Å². The number of carbonyl (C=O) groups excluding carboxylic acids is 2. The molecule has 0 atom stereocenters. The number of hydrogen-bond donors (Lipinski definition) is 2. The van der Waals surface area contributed by atoms with Crippen LogP contribution in [-0.2, 0) is 10.2 Å². The van der Waals surface area contributed by atoms with Crippen LogP contribution >= 0.6 is 15.9 Å². The molecule has 2 aromatic carbocycles. The van der Waals surface area contributed by atoms with Gasteiger partial charge in [-0.2, -0.15) is 0 Å². The minimum absolute atomic E-state index is 0.0415. The molecule has 6 nitrogen and oxygen atoms in total. The molecule has 0 spiro atoms. The lowest BCUT2D eigenvalue weighted by atomic mass is 9.95. The molecular formula is C22H18BrN3O3. The fraction of sp³-hybridized carbons (Fsp3) is 0.136. The average Bonchev–Trinajstić information content (AvgIpc) is 3.52. The second-order valence-electron chi connectivity index (χ2n) is 6.93. The number of amides is 2. The molecule has 4 rings (SSSR count). The third kappa shape index (κ3) is 4.14. The number of nitrogens with one attached hydrogen (secondary N) is 1. The quantitative estimate of drug-likeness (QED) is 0.580. The summed E-state index contributed by atoms with van der Waals surface area (Å²) in [6.07, 6.45) is 3.18. The molecular weight excluding hydrogens is 434 g/mol. The largest absolute Gasteiger partial charge is 0.439 e. The average molecular weight is 452 g/mol. The predicted octanol–water partition coefficient (Wildman–Crippen LogP) is 4.41. The van der Waals surface area contributed by atoms with Crippen LogP contribution in [-0.4, -0.2) is 16.8 Å². The number of carbonyl (C=O) groups is 2. The Morgan fingerprint density at radius 3 is 2.52 bits per heavy atom. The van der Waals surface area contributed by atoms with Crippen molar-refractivity contribution in [3.8, 4) is 11.6 Å². The van der Waals surface area contributed by atoms with Crippen molar-refractivity contribution in [3.05, 3.63) is 82.5 Å². The molecule has 1 aliphatic carbocycles. The van der Waals surface area contributed by atoms with Crippen LogP contribution in [0.1, 0.15) is 28.8 Å². The van der Waals surface area contributed by atoms with Crippen molar-refractivity contribution in [2.24, 2.45) is 5.73 Å². The summed E-state index contributed by atoms with van der Waals surface area (Å²) >= 11 is 3.46. The van der Waals surface area contributed by atoms with Crippen molar-refractivity contribution < 1.29 is 14.3 Å². The Balaban J connectivity index is 1.44. The van der Waals surface area contributed by atoms with Crippen LogP contribution in [0.5, 0.6) is 11.6 Å². The molecule has 0 unspecified atom stereocenters. The molecule has 0 aliphatic heterocycles. The maximum Gasteiger partial charge on any atom is 0.248 e. The number of aromatic nitrogens is 1. The Morgan fingerprint density at radius 2 is 1.86 bits per heavy atom. The summed E-state index contributed by atoms with van der Waals surface area (Å²) < 4.78 is 6.61. The molecule has 2 amide bonds. The molecule has 0 saturated heterocycles. The van der Waals surface area contributed by atoms with Gasteiger partial charge in [0.15, 0.2) is 0 Å². The first-order valence-electron chi connectivity index (χ1n) is 9.08. The van der Waals surface area contributed by atoms with Crippen LogP contribution in [0.25, 0.3) is 0 Å². The highest BCUT2D eigenvalue weighted by Gasteiger charge is 2.51. The number of ether oxygens (including phenoxy) is 1. The number of hydrogen-bond acceptors (Lipinski definition) is 4. The van der Waals surface area contributed by atoms with E-state index in [4.69, 9.17) is 10.5 Å². The summed E-state index contributed by atoms with van der Waals surface area (Å²) in [5.41, 5.74) is 6.76. The van der Waals surface area contributed by atoms with Crippen molar-refractivity contribution in [2.75, 3.05) is 5.32 Å². The highest BCUT2D eigenvalue weighted by molar-refractivity contribution is 9.10. The van der Waals surface area contributed by atoms with Crippen LogP contribution in [0.2, 0.25) is 0 Å².